The van der Waals surface area contributed by atoms with Crippen LogP contribution in [0, 0.1) is 6.92 Å². The number of H-pyrrole nitrogens is 1. The molecule has 0 aliphatic carbocycles. The van der Waals surface area contributed by atoms with Crippen LogP contribution in [-0.2, 0) is 0 Å². The Hall–Kier alpha value is -2.33. The number of hydrazone groups is 1. The van der Waals surface area contributed by atoms with Crippen LogP contribution in [0.2, 0.25) is 5.02 Å². The second kappa shape index (κ2) is 5.35. The van der Waals surface area contributed by atoms with Crippen molar-refractivity contribution >= 4 is 34.8 Å². The van der Waals surface area contributed by atoms with E-state index in [1.54, 1.807) is 6.21 Å². The van der Waals surface area contributed by atoms with Gasteiger partial charge in [-0.1, -0.05) is 29.8 Å². The van der Waals surface area contributed by atoms with Gasteiger partial charge in [-0.2, -0.15) is 5.10 Å². The van der Waals surface area contributed by atoms with Crippen molar-refractivity contribution in [1.82, 2.24) is 9.97 Å². The third kappa shape index (κ3) is 2.81. The number of hydrogen-bond donors (Lipinski definition) is 2. The predicted molar refractivity (Wildman–Crippen MR) is 83.5 cm³/mol. The Kier molecular flexibility index (Phi) is 3.39. The molecule has 0 radical (unpaired) electrons. The maximum atomic E-state index is 5.82. The molecular weight excluding hydrogens is 272 g/mol. The molecule has 1 aromatic heterocycles. The van der Waals surface area contributed by atoms with Crippen LogP contribution in [0.5, 0.6) is 0 Å². The summed E-state index contributed by atoms with van der Waals surface area (Å²) in [4.78, 5) is 7.57. The van der Waals surface area contributed by atoms with E-state index in [1.807, 2.05) is 43.3 Å². The van der Waals surface area contributed by atoms with Crippen LogP contribution in [0.3, 0.4) is 0 Å². The van der Waals surface area contributed by atoms with E-state index >= 15 is 0 Å². The van der Waals surface area contributed by atoms with Gasteiger partial charge in [0.15, 0.2) is 0 Å². The second-order valence-corrected chi connectivity index (χ2v) is 4.96. The van der Waals surface area contributed by atoms with Gasteiger partial charge in [-0.25, -0.2) is 10.4 Å². The van der Waals surface area contributed by atoms with Crippen molar-refractivity contribution in [2.24, 2.45) is 5.10 Å². The summed E-state index contributed by atoms with van der Waals surface area (Å²) >= 11 is 5.82. The number of anilines is 1. The van der Waals surface area contributed by atoms with E-state index in [0.717, 1.165) is 16.6 Å². The number of imidazole rings is 1. The molecule has 3 rings (SSSR count). The monoisotopic (exact) mass is 284 g/mol. The minimum absolute atomic E-state index is 0.621. The van der Waals surface area contributed by atoms with Crippen molar-refractivity contribution in [2.45, 2.75) is 6.92 Å². The average Bonchev–Trinajstić information content (AvgIpc) is 2.83. The van der Waals surface area contributed by atoms with Crippen LogP contribution in [0.15, 0.2) is 47.6 Å². The topological polar surface area (TPSA) is 53.1 Å². The van der Waals surface area contributed by atoms with Gasteiger partial charge < -0.3 is 4.98 Å². The third-order valence-corrected chi connectivity index (χ3v) is 3.14. The summed E-state index contributed by atoms with van der Waals surface area (Å²) in [5.74, 6) is 0.621. The van der Waals surface area contributed by atoms with E-state index in [1.165, 1.54) is 5.56 Å². The Bertz CT molecular complexity index is 759. The largest absolute Gasteiger partial charge is 0.323 e. The van der Waals surface area contributed by atoms with Crippen molar-refractivity contribution in [2.75, 3.05) is 5.43 Å². The Labute approximate surface area is 121 Å². The van der Waals surface area contributed by atoms with E-state index in [9.17, 15) is 0 Å². The van der Waals surface area contributed by atoms with Crippen LogP contribution in [0.1, 0.15) is 11.1 Å². The van der Waals surface area contributed by atoms with Crippen molar-refractivity contribution < 1.29 is 0 Å². The standard InChI is InChI=1S/C15H13ClN4/c1-10-2-7-13-14(8-10)19-15(18-13)20-17-9-11-3-5-12(16)6-4-11/h2-9H,1H3,(H2,18,19,20)/b17-9-. The number of nitrogens with zero attached hydrogens (tertiary/aromatic N) is 2. The molecule has 100 valence electrons. The Morgan fingerprint density at radius 3 is 2.80 bits per heavy atom. The van der Waals surface area contributed by atoms with Gasteiger partial charge >= 0.3 is 0 Å². The lowest BCUT2D eigenvalue weighted by Crippen LogP contribution is -1.92. The molecule has 0 atom stereocenters. The molecule has 0 aliphatic heterocycles. The minimum Gasteiger partial charge on any atom is -0.323 e. The molecule has 0 fully saturated rings. The van der Waals surface area contributed by atoms with Crippen molar-refractivity contribution in [1.29, 1.82) is 0 Å². The lowest BCUT2D eigenvalue weighted by molar-refractivity contribution is 1.21. The zero-order chi connectivity index (χ0) is 13.9. The number of benzene rings is 2. The van der Waals surface area contributed by atoms with Crippen LogP contribution in [0.4, 0.5) is 5.95 Å². The lowest BCUT2D eigenvalue weighted by Gasteiger charge is -1.94. The highest BCUT2D eigenvalue weighted by molar-refractivity contribution is 6.30. The SMILES string of the molecule is Cc1ccc2nc(N/N=C\c3ccc(Cl)cc3)[nH]c2c1. The fourth-order valence-corrected chi connectivity index (χ4v) is 2.02. The predicted octanol–water partition coefficient (Wildman–Crippen LogP) is 3.97. The summed E-state index contributed by atoms with van der Waals surface area (Å²) in [6.45, 7) is 2.05. The molecule has 5 heteroatoms. The van der Waals surface area contributed by atoms with E-state index in [4.69, 9.17) is 11.6 Å². The van der Waals surface area contributed by atoms with E-state index in [2.05, 4.69) is 26.6 Å². The van der Waals surface area contributed by atoms with Crippen molar-refractivity contribution in [3.63, 3.8) is 0 Å². The molecule has 0 spiro atoms. The highest BCUT2D eigenvalue weighted by Crippen LogP contribution is 2.15. The maximum absolute atomic E-state index is 5.82. The van der Waals surface area contributed by atoms with Gasteiger partial charge in [0.2, 0.25) is 5.95 Å². The second-order valence-electron chi connectivity index (χ2n) is 4.53. The Morgan fingerprint density at radius 1 is 1.20 bits per heavy atom. The first-order valence-electron chi connectivity index (χ1n) is 6.22. The molecule has 0 saturated carbocycles. The zero-order valence-corrected chi connectivity index (χ0v) is 11.6. The van der Waals surface area contributed by atoms with Gasteiger partial charge in [0, 0.05) is 5.02 Å². The number of rotatable bonds is 3. The number of aromatic nitrogens is 2. The Balaban J connectivity index is 1.74. The molecule has 3 aromatic rings. The van der Waals surface area contributed by atoms with Crippen molar-refractivity contribution in [3.8, 4) is 0 Å². The molecular formula is C15H13ClN4. The average molecular weight is 285 g/mol. The number of hydrogen-bond acceptors (Lipinski definition) is 3. The van der Waals surface area contributed by atoms with Gasteiger partial charge in [0.05, 0.1) is 17.2 Å². The lowest BCUT2D eigenvalue weighted by atomic mass is 10.2. The number of fused-ring (bicyclic) bond motifs is 1. The molecule has 0 saturated heterocycles. The first kappa shape index (κ1) is 12.7. The highest BCUT2D eigenvalue weighted by atomic mass is 35.5. The van der Waals surface area contributed by atoms with Gasteiger partial charge in [0.1, 0.15) is 0 Å². The fourth-order valence-electron chi connectivity index (χ4n) is 1.89. The number of halogens is 1. The summed E-state index contributed by atoms with van der Waals surface area (Å²) in [6, 6.07) is 13.5. The molecule has 0 bridgehead atoms. The van der Waals surface area contributed by atoms with E-state index in [0.29, 0.717) is 11.0 Å². The quantitative estimate of drug-likeness (QED) is 0.565. The normalized spacial score (nSPS) is 11.3. The van der Waals surface area contributed by atoms with Crippen LogP contribution < -0.4 is 5.43 Å². The highest BCUT2D eigenvalue weighted by Gasteiger charge is 2.00. The summed E-state index contributed by atoms with van der Waals surface area (Å²) in [6.07, 6.45) is 1.72. The number of nitrogens with one attached hydrogen (secondary N) is 2. The minimum atomic E-state index is 0.621. The number of aryl methyl sites for hydroxylation is 1. The summed E-state index contributed by atoms with van der Waals surface area (Å²) < 4.78 is 0. The van der Waals surface area contributed by atoms with E-state index in [-0.39, 0.29) is 0 Å². The molecule has 2 aromatic carbocycles. The molecule has 0 unspecified atom stereocenters. The summed E-state index contributed by atoms with van der Waals surface area (Å²) in [5, 5.41) is 4.86. The third-order valence-electron chi connectivity index (χ3n) is 2.89. The molecule has 4 nitrogen and oxygen atoms in total. The van der Waals surface area contributed by atoms with E-state index < -0.39 is 0 Å². The smallest absolute Gasteiger partial charge is 0.222 e. The molecule has 2 N–H and O–H groups in total. The summed E-state index contributed by atoms with van der Waals surface area (Å²) in [5.41, 5.74) is 6.96. The first-order valence-corrected chi connectivity index (χ1v) is 6.59. The van der Waals surface area contributed by atoms with Gasteiger partial charge in [-0.05, 0) is 42.3 Å². The summed E-state index contributed by atoms with van der Waals surface area (Å²) in [7, 11) is 0. The Morgan fingerprint density at radius 2 is 2.00 bits per heavy atom. The van der Waals surface area contributed by atoms with Gasteiger partial charge in [-0.15, -0.1) is 0 Å². The first-order chi connectivity index (χ1) is 9.70. The van der Waals surface area contributed by atoms with Gasteiger partial charge in [0.25, 0.3) is 0 Å². The maximum Gasteiger partial charge on any atom is 0.222 e. The molecule has 20 heavy (non-hydrogen) atoms. The zero-order valence-electron chi connectivity index (χ0n) is 10.9. The van der Waals surface area contributed by atoms with Crippen molar-refractivity contribution in [3.05, 3.63) is 58.6 Å². The van der Waals surface area contributed by atoms with Gasteiger partial charge in [-0.3, -0.25) is 0 Å². The molecule has 0 aliphatic rings. The molecule has 0 amide bonds. The van der Waals surface area contributed by atoms with Crippen LogP contribution in [0.25, 0.3) is 11.0 Å². The van der Waals surface area contributed by atoms with Crippen LogP contribution in [-0.4, -0.2) is 16.2 Å². The molecule has 1 heterocycles. The van der Waals surface area contributed by atoms with Crippen LogP contribution >= 0.6 is 11.6 Å². The number of aromatic amines is 1. The fraction of sp³-hybridized carbons (Fsp3) is 0.0667.